The molecule has 0 aromatic heterocycles. The highest BCUT2D eigenvalue weighted by Crippen LogP contribution is 2.32. The number of imide groups is 2. The molecule has 0 atom stereocenters. The molecule has 4 amide bonds. The first-order chi connectivity index (χ1) is 18.6. The first-order valence-electron chi connectivity index (χ1n) is 12.0. The summed E-state index contributed by atoms with van der Waals surface area (Å²) in [5.74, 6) is -0.447. The van der Waals surface area contributed by atoms with Gasteiger partial charge in [-0.2, -0.15) is 0 Å². The Morgan fingerprint density at radius 2 is 1.18 bits per heavy atom. The van der Waals surface area contributed by atoms with Crippen molar-refractivity contribution in [3.8, 4) is 11.5 Å². The third-order valence-corrected chi connectivity index (χ3v) is 6.01. The maximum Gasteiger partial charge on any atom is 0.343 e. The van der Waals surface area contributed by atoms with Crippen molar-refractivity contribution in [1.29, 1.82) is 0 Å². The number of anilines is 2. The van der Waals surface area contributed by atoms with Crippen molar-refractivity contribution in [2.24, 2.45) is 0 Å². The highest BCUT2D eigenvalue weighted by molar-refractivity contribution is 6.46. The van der Waals surface area contributed by atoms with Gasteiger partial charge in [0.2, 0.25) is 0 Å². The van der Waals surface area contributed by atoms with Gasteiger partial charge < -0.3 is 9.47 Å². The summed E-state index contributed by atoms with van der Waals surface area (Å²) in [6, 6.07) is 31.2. The van der Waals surface area contributed by atoms with Gasteiger partial charge >= 0.3 is 6.03 Å². The molecule has 7 heteroatoms. The molecule has 5 rings (SSSR count). The fourth-order valence-electron chi connectivity index (χ4n) is 4.13. The molecule has 1 saturated heterocycles. The second-order valence-electron chi connectivity index (χ2n) is 8.48. The van der Waals surface area contributed by atoms with Crippen LogP contribution in [0.15, 0.2) is 115 Å². The van der Waals surface area contributed by atoms with Crippen LogP contribution in [0.25, 0.3) is 6.08 Å². The van der Waals surface area contributed by atoms with Gasteiger partial charge in [-0.05, 0) is 53.6 Å². The van der Waals surface area contributed by atoms with Crippen LogP contribution in [0.5, 0.6) is 11.5 Å². The van der Waals surface area contributed by atoms with Crippen molar-refractivity contribution in [3.63, 3.8) is 0 Å². The normalized spacial score (nSPS) is 13.5. The number of para-hydroxylation sites is 2. The van der Waals surface area contributed by atoms with E-state index in [-0.39, 0.29) is 5.57 Å². The Morgan fingerprint density at radius 3 is 1.71 bits per heavy atom. The molecular weight excluding hydrogens is 480 g/mol. The molecule has 0 spiro atoms. The zero-order valence-electron chi connectivity index (χ0n) is 20.6. The summed E-state index contributed by atoms with van der Waals surface area (Å²) < 4.78 is 11.4. The van der Waals surface area contributed by atoms with Gasteiger partial charge in [-0.15, -0.1) is 0 Å². The zero-order valence-corrected chi connectivity index (χ0v) is 20.6. The quantitative estimate of drug-likeness (QED) is 0.233. The molecule has 188 valence electrons. The predicted octanol–water partition coefficient (Wildman–Crippen LogP) is 5.86. The average molecular weight is 505 g/mol. The number of benzene rings is 4. The topological polar surface area (TPSA) is 76.2 Å². The summed E-state index contributed by atoms with van der Waals surface area (Å²) in [5.41, 5.74) is 2.12. The number of amides is 4. The number of rotatable bonds is 7. The van der Waals surface area contributed by atoms with E-state index < -0.39 is 17.8 Å². The lowest BCUT2D eigenvalue weighted by Gasteiger charge is -2.33. The van der Waals surface area contributed by atoms with Crippen LogP contribution in [-0.4, -0.2) is 25.0 Å². The number of hydrogen-bond acceptors (Lipinski definition) is 5. The van der Waals surface area contributed by atoms with Crippen LogP contribution in [0.2, 0.25) is 0 Å². The smallest absolute Gasteiger partial charge is 0.343 e. The molecule has 0 bridgehead atoms. The largest absolute Gasteiger partial charge is 0.493 e. The van der Waals surface area contributed by atoms with Crippen molar-refractivity contribution in [2.75, 3.05) is 16.9 Å². The number of hydrogen-bond donors (Lipinski definition) is 0. The predicted molar refractivity (Wildman–Crippen MR) is 145 cm³/mol. The van der Waals surface area contributed by atoms with E-state index in [1.54, 1.807) is 78.9 Å². The van der Waals surface area contributed by atoms with E-state index in [2.05, 4.69) is 0 Å². The van der Waals surface area contributed by atoms with Crippen molar-refractivity contribution in [1.82, 2.24) is 0 Å². The van der Waals surface area contributed by atoms with E-state index in [4.69, 9.17) is 9.47 Å². The van der Waals surface area contributed by atoms with E-state index >= 15 is 0 Å². The summed E-state index contributed by atoms with van der Waals surface area (Å²) in [4.78, 5) is 42.5. The number of urea groups is 1. The van der Waals surface area contributed by atoms with Crippen LogP contribution in [-0.2, 0) is 16.2 Å². The Morgan fingerprint density at radius 1 is 0.658 bits per heavy atom. The van der Waals surface area contributed by atoms with Gasteiger partial charge in [-0.3, -0.25) is 9.59 Å². The number of nitrogens with zero attached hydrogens (tertiary/aromatic N) is 2. The first-order valence-corrected chi connectivity index (χ1v) is 12.0. The van der Waals surface area contributed by atoms with Crippen LogP contribution in [0.1, 0.15) is 11.1 Å². The third kappa shape index (κ3) is 4.90. The molecular formula is C31H24N2O5. The molecule has 38 heavy (non-hydrogen) atoms. The second kappa shape index (κ2) is 10.8. The van der Waals surface area contributed by atoms with Gasteiger partial charge in [0.25, 0.3) is 11.8 Å². The van der Waals surface area contributed by atoms with Gasteiger partial charge in [0.1, 0.15) is 12.2 Å². The molecule has 1 aliphatic heterocycles. The minimum Gasteiger partial charge on any atom is -0.493 e. The summed E-state index contributed by atoms with van der Waals surface area (Å²) in [6.45, 7) is 0.356. The van der Waals surface area contributed by atoms with E-state index in [0.29, 0.717) is 35.0 Å². The van der Waals surface area contributed by atoms with E-state index in [0.717, 1.165) is 15.4 Å². The van der Waals surface area contributed by atoms with Gasteiger partial charge in [0.15, 0.2) is 11.5 Å². The third-order valence-electron chi connectivity index (χ3n) is 6.01. The molecule has 1 fully saturated rings. The maximum atomic E-state index is 13.5. The van der Waals surface area contributed by atoms with Gasteiger partial charge in [0, 0.05) is 0 Å². The molecule has 7 nitrogen and oxygen atoms in total. The monoisotopic (exact) mass is 504 g/mol. The molecule has 4 aromatic rings. The SMILES string of the molecule is COc1cc(C=C2C(=O)N(c3ccccc3)C(=O)N(c3ccccc3)C2=O)ccc1OCc1ccccc1. The lowest BCUT2D eigenvalue weighted by Crippen LogP contribution is -2.57. The fourth-order valence-corrected chi connectivity index (χ4v) is 4.13. The molecule has 0 saturated carbocycles. The molecule has 0 N–H and O–H groups in total. The molecule has 0 unspecified atom stereocenters. The van der Waals surface area contributed by atoms with Crippen LogP contribution in [0.3, 0.4) is 0 Å². The van der Waals surface area contributed by atoms with Gasteiger partial charge in [0.05, 0.1) is 18.5 Å². The van der Waals surface area contributed by atoms with Crippen molar-refractivity contribution in [2.45, 2.75) is 6.61 Å². The number of ether oxygens (including phenoxy) is 2. The summed E-state index contributed by atoms with van der Waals surface area (Å²) >= 11 is 0. The van der Waals surface area contributed by atoms with Gasteiger partial charge in [-0.25, -0.2) is 14.6 Å². The Balaban J connectivity index is 1.51. The lowest BCUT2D eigenvalue weighted by molar-refractivity contribution is -0.121. The zero-order chi connectivity index (χ0) is 26.5. The molecule has 4 aromatic carbocycles. The van der Waals surface area contributed by atoms with Crippen molar-refractivity contribution < 1.29 is 23.9 Å². The average Bonchev–Trinajstić information content (AvgIpc) is 2.96. The standard InChI is InChI=1S/C31H24N2O5/c1-37-28-20-23(17-18-27(28)38-21-22-11-5-2-6-12-22)19-26-29(34)32(24-13-7-3-8-14-24)31(36)33(30(26)35)25-15-9-4-10-16-25/h2-20H,21H2,1H3. The highest BCUT2D eigenvalue weighted by atomic mass is 16.5. The number of carbonyl (C=O) groups is 3. The molecule has 0 aliphatic carbocycles. The number of carbonyl (C=O) groups excluding carboxylic acids is 3. The van der Waals surface area contributed by atoms with Crippen LogP contribution < -0.4 is 19.3 Å². The van der Waals surface area contributed by atoms with E-state index in [9.17, 15) is 14.4 Å². The van der Waals surface area contributed by atoms with E-state index in [1.165, 1.54) is 13.2 Å². The summed E-state index contributed by atoms with van der Waals surface area (Å²) in [5, 5.41) is 0. The van der Waals surface area contributed by atoms with Crippen LogP contribution in [0, 0.1) is 0 Å². The first kappa shape index (κ1) is 24.5. The Hall–Kier alpha value is -5.17. The molecule has 1 heterocycles. The Labute approximate surface area is 220 Å². The lowest BCUT2D eigenvalue weighted by atomic mass is 10.0. The fraction of sp³-hybridized carbons (Fsp3) is 0.0645. The Kier molecular flexibility index (Phi) is 6.99. The summed E-state index contributed by atoms with van der Waals surface area (Å²) in [6.07, 6.45) is 1.46. The number of methoxy groups -OCH3 is 1. The maximum absolute atomic E-state index is 13.5. The second-order valence-corrected chi connectivity index (χ2v) is 8.48. The van der Waals surface area contributed by atoms with Crippen LogP contribution in [0.4, 0.5) is 16.2 Å². The molecule has 0 radical (unpaired) electrons. The summed E-state index contributed by atoms with van der Waals surface area (Å²) in [7, 11) is 1.52. The van der Waals surface area contributed by atoms with Crippen LogP contribution >= 0.6 is 0 Å². The minimum atomic E-state index is -0.739. The van der Waals surface area contributed by atoms with Gasteiger partial charge in [-0.1, -0.05) is 72.8 Å². The van der Waals surface area contributed by atoms with E-state index in [1.807, 2.05) is 30.3 Å². The highest BCUT2D eigenvalue weighted by Gasteiger charge is 2.43. The minimum absolute atomic E-state index is 0.155. The van der Waals surface area contributed by atoms with Crippen molar-refractivity contribution >= 4 is 35.3 Å². The van der Waals surface area contributed by atoms with Crippen molar-refractivity contribution in [3.05, 3.63) is 126 Å². The molecule has 1 aliphatic rings. The number of barbiturate groups is 1. The Bertz CT molecular complexity index is 1440.